The van der Waals surface area contributed by atoms with Gasteiger partial charge in [-0.2, -0.15) is 0 Å². The van der Waals surface area contributed by atoms with Crippen LogP contribution in [0.5, 0.6) is 5.75 Å². The number of ether oxygens (including phenoxy) is 1. The second-order valence-corrected chi connectivity index (χ2v) is 10.7. The van der Waals surface area contributed by atoms with Gasteiger partial charge in [0, 0.05) is 6.04 Å². The quantitative estimate of drug-likeness (QED) is 0.476. The Hall–Kier alpha value is -2.34. The molecule has 174 valence electrons. The lowest BCUT2D eigenvalue weighted by molar-refractivity contribution is -0.139. The second-order valence-electron chi connectivity index (χ2n) is 7.12. The molecule has 0 bridgehead atoms. The highest BCUT2D eigenvalue weighted by atomic mass is 35.5. The van der Waals surface area contributed by atoms with Crippen LogP contribution in [-0.4, -0.2) is 62.1 Å². The van der Waals surface area contributed by atoms with Crippen LogP contribution in [0.1, 0.15) is 29.4 Å². The Labute approximate surface area is 194 Å². The van der Waals surface area contributed by atoms with Crippen LogP contribution < -0.4 is 14.4 Å². The molecule has 1 aliphatic heterocycles. The summed E-state index contributed by atoms with van der Waals surface area (Å²) in [5, 5.41) is 21.6. The molecule has 3 rings (SSSR count). The van der Waals surface area contributed by atoms with Gasteiger partial charge in [0.15, 0.2) is 17.2 Å². The van der Waals surface area contributed by atoms with Gasteiger partial charge in [-0.05, 0) is 50.6 Å². The maximum absolute atomic E-state index is 12.9. The van der Waals surface area contributed by atoms with E-state index in [9.17, 15) is 23.1 Å². The lowest BCUT2D eigenvalue weighted by Gasteiger charge is -2.35. The molecule has 0 saturated carbocycles. The van der Waals surface area contributed by atoms with Crippen LogP contribution in [0, 0.1) is 0 Å². The van der Waals surface area contributed by atoms with E-state index in [2.05, 4.69) is 5.32 Å². The molecule has 0 spiro atoms. The fraction of sp³-hybridized carbons (Fsp3) is 0.400. The average Bonchev–Trinajstić information content (AvgIpc) is 3.09. The topological polar surface area (TPSA) is 133 Å². The third-order valence-corrected chi connectivity index (χ3v) is 8.53. The van der Waals surface area contributed by atoms with Crippen molar-refractivity contribution in [3.8, 4) is 16.2 Å². The van der Waals surface area contributed by atoms with E-state index in [-0.39, 0.29) is 27.4 Å². The number of piperidine rings is 1. The third-order valence-electron chi connectivity index (χ3n) is 5.01. The van der Waals surface area contributed by atoms with E-state index < -0.39 is 28.6 Å². The minimum atomic E-state index is -3.56. The number of aliphatic carboxylic acids is 1. The van der Waals surface area contributed by atoms with Gasteiger partial charge in [-0.25, -0.2) is 18.0 Å². The normalized spacial score (nSPS) is 14.8. The maximum Gasteiger partial charge on any atom is 0.349 e. The number of carbonyl (C=O) groups is 2. The SMILES string of the molecule is CCS(=O)(=O)N(c1cccc(-c2sc(C(=O)O)c(OCC(=O)O)c2Cl)c1)C1CCNCC1. The smallest absolute Gasteiger partial charge is 0.349 e. The molecule has 0 unspecified atom stereocenters. The van der Waals surface area contributed by atoms with Gasteiger partial charge >= 0.3 is 11.9 Å². The van der Waals surface area contributed by atoms with E-state index in [0.717, 1.165) is 11.3 Å². The monoisotopic (exact) mass is 502 g/mol. The lowest BCUT2D eigenvalue weighted by atomic mass is 10.1. The molecule has 1 aliphatic rings. The molecule has 1 fully saturated rings. The molecule has 0 radical (unpaired) electrons. The Morgan fingerprint density at radius 2 is 1.97 bits per heavy atom. The number of carboxylic acid groups (broad SMARTS) is 2. The van der Waals surface area contributed by atoms with Gasteiger partial charge < -0.3 is 20.3 Å². The van der Waals surface area contributed by atoms with Gasteiger partial charge in [-0.15, -0.1) is 11.3 Å². The number of nitrogens with zero attached hydrogens (tertiary/aromatic N) is 1. The van der Waals surface area contributed by atoms with Crippen molar-refractivity contribution in [2.45, 2.75) is 25.8 Å². The van der Waals surface area contributed by atoms with E-state index in [0.29, 0.717) is 42.1 Å². The van der Waals surface area contributed by atoms with Crippen molar-refractivity contribution >= 4 is 50.6 Å². The molecule has 1 aromatic carbocycles. The predicted molar refractivity (Wildman–Crippen MR) is 123 cm³/mol. The Balaban J connectivity index is 2.07. The Morgan fingerprint density at radius 3 is 2.56 bits per heavy atom. The number of halogens is 1. The zero-order chi connectivity index (χ0) is 23.5. The molecule has 9 nitrogen and oxygen atoms in total. The summed E-state index contributed by atoms with van der Waals surface area (Å²) in [6, 6.07) is 6.52. The fourth-order valence-electron chi connectivity index (χ4n) is 3.55. The van der Waals surface area contributed by atoms with Crippen LogP contribution in [-0.2, 0) is 14.8 Å². The highest BCUT2D eigenvalue weighted by molar-refractivity contribution is 7.92. The van der Waals surface area contributed by atoms with Crippen molar-refractivity contribution in [2.75, 3.05) is 29.8 Å². The zero-order valence-electron chi connectivity index (χ0n) is 17.2. The number of carboxylic acids is 2. The fourth-order valence-corrected chi connectivity index (χ4v) is 6.33. The van der Waals surface area contributed by atoms with Crippen LogP contribution >= 0.6 is 22.9 Å². The number of aromatic carboxylic acids is 1. The summed E-state index contributed by atoms with van der Waals surface area (Å²) in [6.07, 6.45) is 1.33. The molecule has 0 aliphatic carbocycles. The first kappa shape index (κ1) is 24.3. The Bertz CT molecular complexity index is 1110. The summed E-state index contributed by atoms with van der Waals surface area (Å²) in [7, 11) is -3.56. The maximum atomic E-state index is 12.9. The number of nitrogens with one attached hydrogen (secondary N) is 1. The number of thiophene rings is 1. The van der Waals surface area contributed by atoms with E-state index >= 15 is 0 Å². The number of hydrogen-bond donors (Lipinski definition) is 3. The minimum absolute atomic E-state index is 0.0300. The van der Waals surface area contributed by atoms with Crippen LogP contribution in [0.4, 0.5) is 5.69 Å². The van der Waals surface area contributed by atoms with Crippen LogP contribution in [0.3, 0.4) is 0 Å². The summed E-state index contributed by atoms with van der Waals surface area (Å²) >= 11 is 7.22. The molecule has 0 amide bonds. The number of hydrogen-bond acceptors (Lipinski definition) is 7. The van der Waals surface area contributed by atoms with Gasteiger partial charge in [-0.1, -0.05) is 23.7 Å². The van der Waals surface area contributed by atoms with Crippen molar-refractivity contribution in [1.82, 2.24) is 5.32 Å². The van der Waals surface area contributed by atoms with Gasteiger partial charge in [0.2, 0.25) is 10.0 Å². The number of sulfonamides is 1. The highest BCUT2D eigenvalue weighted by Crippen LogP contribution is 2.46. The first-order valence-corrected chi connectivity index (χ1v) is 12.7. The highest BCUT2D eigenvalue weighted by Gasteiger charge is 2.31. The first-order chi connectivity index (χ1) is 15.2. The summed E-state index contributed by atoms with van der Waals surface area (Å²) < 4.78 is 32.4. The number of anilines is 1. The van der Waals surface area contributed by atoms with Crippen molar-refractivity contribution in [3.63, 3.8) is 0 Å². The molecule has 3 N–H and O–H groups in total. The van der Waals surface area contributed by atoms with E-state index in [1.807, 2.05) is 0 Å². The zero-order valence-corrected chi connectivity index (χ0v) is 19.6. The number of rotatable bonds is 9. The summed E-state index contributed by atoms with van der Waals surface area (Å²) in [5.41, 5.74) is 0.973. The van der Waals surface area contributed by atoms with E-state index in [1.54, 1.807) is 31.2 Å². The molecular weight excluding hydrogens is 480 g/mol. The summed E-state index contributed by atoms with van der Waals surface area (Å²) in [6.45, 7) is 2.27. The standard InChI is InChI=1S/C20H23ClN2O7S2/c1-2-32(28,29)23(13-6-8-22-9-7-13)14-5-3-4-12(10-14)18-16(21)17(30-11-15(24)25)19(31-18)20(26)27/h3-5,10,13,22H,2,6-9,11H2,1H3,(H,24,25)(H,26,27). The Morgan fingerprint density at radius 1 is 1.28 bits per heavy atom. The van der Waals surface area contributed by atoms with Crippen molar-refractivity contribution in [2.24, 2.45) is 0 Å². The van der Waals surface area contributed by atoms with Crippen LogP contribution in [0.25, 0.3) is 10.4 Å². The molecule has 1 aromatic heterocycles. The van der Waals surface area contributed by atoms with Gasteiger partial charge in [-0.3, -0.25) is 4.31 Å². The van der Waals surface area contributed by atoms with Crippen molar-refractivity contribution in [1.29, 1.82) is 0 Å². The van der Waals surface area contributed by atoms with Gasteiger partial charge in [0.25, 0.3) is 0 Å². The molecular formula is C20H23ClN2O7S2. The molecule has 2 aromatic rings. The lowest BCUT2D eigenvalue weighted by Crippen LogP contribution is -2.46. The van der Waals surface area contributed by atoms with Crippen LogP contribution in [0.2, 0.25) is 5.02 Å². The molecule has 12 heteroatoms. The molecule has 32 heavy (non-hydrogen) atoms. The second kappa shape index (κ2) is 10.1. The minimum Gasteiger partial charge on any atom is -0.479 e. The van der Waals surface area contributed by atoms with Crippen LogP contribution in [0.15, 0.2) is 24.3 Å². The largest absolute Gasteiger partial charge is 0.479 e. The van der Waals surface area contributed by atoms with Crippen molar-refractivity contribution in [3.05, 3.63) is 34.2 Å². The number of benzene rings is 1. The Kier molecular flexibility index (Phi) is 7.65. The predicted octanol–water partition coefficient (Wildman–Crippen LogP) is 3.14. The van der Waals surface area contributed by atoms with E-state index in [1.165, 1.54) is 4.31 Å². The molecule has 2 heterocycles. The van der Waals surface area contributed by atoms with Crippen molar-refractivity contribution < 1.29 is 33.0 Å². The van der Waals surface area contributed by atoms with Gasteiger partial charge in [0.1, 0.15) is 5.02 Å². The third kappa shape index (κ3) is 5.17. The average molecular weight is 503 g/mol. The first-order valence-electron chi connectivity index (χ1n) is 9.89. The molecule has 0 atom stereocenters. The van der Waals surface area contributed by atoms with E-state index in [4.69, 9.17) is 21.4 Å². The van der Waals surface area contributed by atoms with Gasteiger partial charge in [0.05, 0.1) is 16.3 Å². The molecule has 1 saturated heterocycles. The summed E-state index contributed by atoms with van der Waals surface area (Å²) in [5.74, 6) is -2.85. The summed E-state index contributed by atoms with van der Waals surface area (Å²) in [4.78, 5) is 22.6.